The molecule has 1 amide bonds. The highest BCUT2D eigenvalue weighted by atomic mass is 32.2. The quantitative estimate of drug-likeness (QED) is 0.626. The molecular formula is C18H17N3O5S. The van der Waals surface area contributed by atoms with Gasteiger partial charge < -0.3 is 4.90 Å². The number of benzene rings is 2. The Hall–Kier alpha value is -2.94. The molecule has 0 atom stereocenters. The van der Waals surface area contributed by atoms with E-state index in [0.717, 1.165) is 24.1 Å². The largest absolute Gasteiger partial charge is 0.312 e. The number of anilines is 2. The first-order chi connectivity index (χ1) is 12.8. The number of carbonyl (C=O) groups is 1. The van der Waals surface area contributed by atoms with Crippen LogP contribution >= 0.6 is 0 Å². The third-order valence-electron chi connectivity index (χ3n) is 4.78. The second-order valence-electron chi connectivity index (χ2n) is 6.71. The number of carbonyl (C=O) groups excluding carboxylic acids is 1. The van der Waals surface area contributed by atoms with Crippen LogP contribution in [0.2, 0.25) is 0 Å². The standard InChI is InChI=1S/C18H17N3O5S/c22-18(12-1-2-12)20-10-9-13-11-16(7-8-17(13)20)27(25,26)19-14-3-5-15(6-4-14)21(23)24/h3-8,11-12,19H,1-2,9-10H2. The molecule has 9 heteroatoms. The average molecular weight is 387 g/mol. The first-order valence-electron chi connectivity index (χ1n) is 8.57. The van der Waals surface area contributed by atoms with Gasteiger partial charge in [0.2, 0.25) is 5.91 Å². The first-order valence-corrected chi connectivity index (χ1v) is 10.0. The molecule has 140 valence electrons. The van der Waals surface area contributed by atoms with Crippen LogP contribution in [0, 0.1) is 16.0 Å². The van der Waals surface area contributed by atoms with Crippen molar-refractivity contribution in [2.75, 3.05) is 16.2 Å². The smallest absolute Gasteiger partial charge is 0.269 e. The molecule has 0 saturated heterocycles. The van der Waals surface area contributed by atoms with Crippen LogP contribution in [0.4, 0.5) is 17.1 Å². The molecule has 0 bridgehead atoms. The van der Waals surface area contributed by atoms with Gasteiger partial charge in [0.1, 0.15) is 0 Å². The second-order valence-corrected chi connectivity index (χ2v) is 8.40. The number of sulfonamides is 1. The zero-order valence-corrected chi connectivity index (χ0v) is 15.1. The van der Waals surface area contributed by atoms with Gasteiger partial charge in [0.15, 0.2) is 0 Å². The van der Waals surface area contributed by atoms with E-state index in [1.54, 1.807) is 17.0 Å². The molecular weight excluding hydrogens is 370 g/mol. The molecule has 1 heterocycles. The van der Waals surface area contributed by atoms with Gasteiger partial charge in [-0.1, -0.05) is 0 Å². The lowest BCUT2D eigenvalue weighted by atomic mass is 10.2. The molecule has 0 spiro atoms. The van der Waals surface area contributed by atoms with E-state index in [1.807, 2.05) is 0 Å². The van der Waals surface area contributed by atoms with Crippen LogP contribution < -0.4 is 9.62 Å². The van der Waals surface area contributed by atoms with E-state index in [2.05, 4.69) is 4.72 Å². The van der Waals surface area contributed by atoms with Crippen molar-refractivity contribution in [3.8, 4) is 0 Å². The lowest BCUT2D eigenvalue weighted by Gasteiger charge is -2.17. The van der Waals surface area contributed by atoms with E-state index in [1.165, 1.54) is 30.3 Å². The Labute approximate surface area is 156 Å². The number of non-ortho nitro benzene ring substituents is 1. The molecule has 0 aromatic heterocycles. The number of nitro benzene ring substituents is 1. The van der Waals surface area contributed by atoms with Crippen molar-refractivity contribution in [2.45, 2.75) is 24.2 Å². The van der Waals surface area contributed by atoms with E-state index in [0.29, 0.717) is 13.0 Å². The van der Waals surface area contributed by atoms with Gasteiger partial charge in [-0.3, -0.25) is 19.6 Å². The van der Waals surface area contributed by atoms with Crippen molar-refractivity contribution >= 4 is 33.0 Å². The predicted molar refractivity (Wildman–Crippen MR) is 99.1 cm³/mol. The third kappa shape index (κ3) is 3.37. The Bertz CT molecular complexity index is 1030. The predicted octanol–water partition coefficient (Wildman–Crippen LogP) is 2.69. The highest BCUT2D eigenvalue weighted by Crippen LogP contribution is 2.37. The zero-order valence-electron chi connectivity index (χ0n) is 14.3. The molecule has 4 rings (SSSR count). The number of rotatable bonds is 5. The molecule has 1 saturated carbocycles. The molecule has 0 unspecified atom stereocenters. The first kappa shape index (κ1) is 17.5. The van der Waals surface area contributed by atoms with Crippen LogP contribution in [0.3, 0.4) is 0 Å². The molecule has 27 heavy (non-hydrogen) atoms. The Morgan fingerprint density at radius 3 is 2.48 bits per heavy atom. The van der Waals surface area contributed by atoms with Crippen molar-refractivity contribution in [1.82, 2.24) is 0 Å². The fourth-order valence-corrected chi connectivity index (χ4v) is 4.30. The van der Waals surface area contributed by atoms with Crippen molar-refractivity contribution < 1.29 is 18.1 Å². The van der Waals surface area contributed by atoms with Crippen LogP contribution in [0.5, 0.6) is 0 Å². The van der Waals surface area contributed by atoms with Gasteiger partial charge in [0, 0.05) is 36.0 Å². The summed E-state index contributed by atoms with van der Waals surface area (Å²) < 4.78 is 27.7. The van der Waals surface area contributed by atoms with Gasteiger partial charge in [-0.15, -0.1) is 0 Å². The number of nitrogens with one attached hydrogen (secondary N) is 1. The number of nitrogens with zero attached hydrogens (tertiary/aromatic N) is 2. The Morgan fingerprint density at radius 1 is 1.15 bits per heavy atom. The van der Waals surface area contributed by atoms with E-state index in [4.69, 9.17) is 0 Å². The van der Waals surface area contributed by atoms with E-state index >= 15 is 0 Å². The fourth-order valence-electron chi connectivity index (χ4n) is 3.19. The molecule has 1 aliphatic heterocycles. The third-order valence-corrected chi connectivity index (χ3v) is 6.16. The lowest BCUT2D eigenvalue weighted by molar-refractivity contribution is -0.384. The minimum Gasteiger partial charge on any atom is -0.312 e. The summed E-state index contributed by atoms with van der Waals surface area (Å²) >= 11 is 0. The van der Waals surface area contributed by atoms with E-state index in [-0.39, 0.29) is 28.1 Å². The minimum absolute atomic E-state index is 0.0975. The molecule has 1 fully saturated rings. The Morgan fingerprint density at radius 2 is 1.85 bits per heavy atom. The van der Waals surface area contributed by atoms with Crippen LogP contribution in [0.1, 0.15) is 18.4 Å². The lowest BCUT2D eigenvalue weighted by Crippen LogP contribution is -2.30. The maximum absolute atomic E-state index is 12.6. The monoisotopic (exact) mass is 387 g/mol. The summed E-state index contributed by atoms with van der Waals surface area (Å²) in [6.45, 7) is 0.573. The SMILES string of the molecule is O=C(C1CC1)N1CCc2cc(S(=O)(=O)Nc3ccc([N+](=O)[O-])cc3)ccc21. The number of nitro groups is 1. The van der Waals surface area contributed by atoms with Crippen molar-refractivity contribution in [3.63, 3.8) is 0 Å². The maximum Gasteiger partial charge on any atom is 0.269 e. The highest BCUT2D eigenvalue weighted by molar-refractivity contribution is 7.92. The topological polar surface area (TPSA) is 110 Å². The normalized spacial score (nSPS) is 16.1. The number of fused-ring (bicyclic) bond motifs is 1. The van der Waals surface area contributed by atoms with Gasteiger partial charge in [-0.2, -0.15) is 0 Å². The van der Waals surface area contributed by atoms with Crippen molar-refractivity contribution in [3.05, 3.63) is 58.1 Å². The van der Waals surface area contributed by atoms with Gasteiger partial charge in [-0.05, 0) is 55.2 Å². The number of hydrogen-bond acceptors (Lipinski definition) is 5. The molecule has 1 aliphatic carbocycles. The van der Waals surface area contributed by atoms with Crippen LogP contribution in [-0.4, -0.2) is 25.8 Å². The fraction of sp³-hybridized carbons (Fsp3) is 0.278. The number of hydrogen-bond donors (Lipinski definition) is 1. The molecule has 2 aromatic carbocycles. The summed E-state index contributed by atoms with van der Waals surface area (Å²) in [5, 5.41) is 10.7. The van der Waals surface area contributed by atoms with Crippen molar-refractivity contribution in [1.29, 1.82) is 0 Å². The summed E-state index contributed by atoms with van der Waals surface area (Å²) in [5.74, 6) is 0.233. The minimum atomic E-state index is -3.83. The Kier molecular flexibility index (Phi) is 4.11. The zero-order chi connectivity index (χ0) is 19.2. The summed E-state index contributed by atoms with van der Waals surface area (Å²) in [6, 6.07) is 9.91. The summed E-state index contributed by atoms with van der Waals surface area (Å²) in [4.78, 5) is 24.3. The van der Waals surface area contributed by atoms with E-state index < -0.39 is 14.9 Å². The summed E-state index contributed by atoms with van der Waals surface area (Å²) in [7, 11) is -3.83. The molecule has 2 aliphatic rings. The number of amides is 1. The molecule has 0 radical (unpaired) electrons. The second kappa shape index (κ2) is 6.34. The van der Waals surface area contributed by atoms with Gasteiger partial charge in [0.25, 0.3) is 15.7 Å². The Balaban J connectivity index is 1.56. The van der Waals surface area contributed by atoms with Gasteiger partial charge in [0.05, 0.1) is 9.82 Å². The molecule has 8 nitrogen and oxygen atoms in total. The maximum atomic E-state index is 12.6. The van der Waals surface area contributed by atoms with Crippen molar-refractivity contribution in [2.24, 2.45) is 5.92 Å². The molecule has 1 N–H and O–H groups in total. The van der Waals surface area contributed by atoms with Gasteiger partial charge in [-0.25, -0.2) is 8.42 Å². The van der Waals surface area contributed by atoms with Gasteiger partial charge >= 0.3 is 0 Å². The van der Waals surface area contributed by atoms with Crippen LogP contribution in [0.15, 0.2) is 47.4 Å². The molecule has 2 aromatic rings. The summed E-state index contributed by atoms with van der Waals surface area (Å²) in [6.07, 6.45) is 2.47. The van der Waals surface area contributed by atoms with E-state index in [9.17, 15) is 23.3 Å². The highest BCUT2D eigenvalue weighted by Gasteiger charge is 2.36. The average Bonchev–Trinajstić information content (AvgIpc) is 3.40. The van der Waals surface area contributed by atoms with Crippen LogP contribution in [0.25, 0.3) is 0 Å². The van der Waals surface area contributed by atoms with Crippen LogP contribution in [-0.2, 0) is 21.2 Å². The summed E-state index contributed by atoms with van der Waals surface area (Å²) in [5.41, 5.74) is 1.74.